The fourth-order valence-corrected chi connectivity index (χ4v) is 3.75. The number of oxazole rings is 1. The molecule has 6 nitrogen and oxygen atoms in total. The molecule has 0 spiro atoms. The number of benzene rings is 2. The number of amides is 1. The second-order valence-electron chi connectivity index (χ2n) is 5.61. The Morgan fingerprint density at radius 3 is 2.56 bits per heavy atom. The van der Waals surface area contributed by atoms with Gasteiger partial charge in [-0.05, 0) is 29.8 Å². The first kappa shape index (κ1) is 17.3. The Labute approximate surface area is 162 Å². The summed E-state index contributed by atoms with van der Waals surface area (Å²) in [6.07, 6.45) is 0. The van der Waals surface area contributed by atoms with E-state index in [0.717, 1.165) is 0 Å². The van der Waals surface area contributed by atoms with Crippen LogP contribution in [0.2, 0.25) is 5.02 Å². The smallest absolute Gasteiger partial charge is 0.339 e. The van der Waals surface area contributed by atoms with Crippen LogP contribution in [0.4, 0.5) is 5.69 Å². The molecule has 4 rings (SSSR count). The van der Waals surface area contributed by atoms with Crippen molar-refractivity contribution in [1.82, 2.24) is 4.98 Å². The maximum Gasteiger partial charge on any atom is 0.339 e. The van der Waals surface area contributed by atoms with Crippen molar-refractivity contribution in [3.8, 4) is 10.4 Å². The van der Waals surface area contributed by atoms with E-state index < -0.39 is 11.9 Å². The number of nitrogens with zero attached hydrogens (tertiary/aromatic N) is 1. The normalized spacial score (nSPS) is 10.9. The average Bonchev–Trinajstić information content (AvgIpc) is 3.26. The first-order valence-corrected chi connectivity index (χ1v) is 9.06. The summed E-state index contributed by atoms with van der Waals surface area (Å²) in [7, 11) is 0. The van der Waals surface area contributed by atoms with Crippen molar-refractivity contribution in [1.29, 1.82) is 0 Å². The van der Waals surface area contributed by atoms with E-state index in [1.165, 1.54) is 11.3 Å². The molecule has 0 aliphatic heterocycles. The van der Waals surface area contributed by atoms with Gasteiger partial charge in [0.1, 0.15) is 11.1 Å². The van der Waals surface area contributed by atoms with Gasteiger partial charge in [0.15, 0.2) is 5.58 Å². The highest BCUT2D eigenvalue weighted by Gasteiger charge is 2.23. The van der Waals surface area contributed by atoms with Gasteiger partial charge in [-0.15, -0.1) is 11.3 Å². The minimum absolute atomic E-state index is 0.00628. The molecule has 2 aromatic heterocycles. The number of fused-ring (bicyclic) bond motifs is 1. The lowest BCUT2D eigenvalue weighted by Crippen LogP contribution is -2.14. The molecular weight excluding hydrogens is 388 g/mol. The van der Waals surface area contributed by atoms with Gasteiger partial charge < -0.3 is 14.8 Å². The summed E-state index contributed by atoms with van der Waals surface area (Å²) in [6, 6.07) is 13.8. The molecule has 27 heavy (non-hydrogen) atoms. The van der Waals surface area contributed by atoms with Gasteiger partial charge in [-0.3, -0.25) is 4.79 Å². The number of aromatic nitrogens is 1. The molecule has 2 aromatic carbocycles. The van der Waals surface area contributed by atoms with Crippen molar-refractivity contribution < 1.29 is 19.1 Å². The SMILES string of the molecule is O=C(Nc1csc(-c2ccc(Cl)cc2)c1C(=O)O)c1nc2ccccc2o1. The van der Waals surface area contributed by atoms with Gasteiger partial charge in [-0.2, -0.15) is 0 Å². The third-order valence-corrected chi connectivity index (χ3v) is 5.13. The molecule has 0 aliphatic carbocycles. The maximum absolute atomic E-state index is 12.5. The number of nitrogens with one attached hydrogen (secondary N) is 1. The topological polar surface area (TPSA) is 92.4 Å². The fourth-order valence-electron chi connectivity index (χ4n) is 2.62. The summed E-state index contributed by atoms with van der Waals surface area (Å²) in [6.45, 7) is 0. The number of thiophene rings is 1. The second kappa shape index (κ2) is 6.86. The number of carbonyl (C=O) groups excluding carboxylic acids is 1. The molecule has 0 radical (unpaired) electrons. The lowest BCUT2D eigenvalue weighted by molar-refractivity contribution is 0.0699. The summed E-state index contributed by atoms with van der Waals surface area (Å²) in [4.78, 5) is 28.9. The first-order chi connectivity index (χ1) is 13.0. The summed E-state index contributed by atoms with van der Waals surface area (Å²) in [5.41, 5.74) is 1.92. The number of aromatic carboxylic acids is 1. The van der Waals surface area contributed by atoms with Gasteiger partial charge in [0.25, 0.3) is 5.89 Å². The Hall–Kier alpha value is -3.16. The lowest BCUT2D eigenvalue weighted by Gasteiger charge is -2.04. The first-order valence-electron chi connectivity index (χ1n) is 7.80. The summed E-state index contributed by atoms with van der Waals surface area (Å²) < 4.78 is 5.43. The number of hydrogen-bond donors (Lipinski definition) is 2. The Balaban J connectivity index is 1.68. The predicted octanol–water partition coefficient (Wildman–Crippen LogP) is 5.16. The van der Waals surface area contributed by atoms with Crippen LogP contribution in [0.3, 0.4) is 0 Å². The van der Waals surface area contributed by atoms with Crippen LogP contribution in [0.15, 0.2) is 58.3 Å². The number of anilines is 1. The van der Waals surface area contributed by atoms with Crippen LogP contribution >= 0.6 is 22.9 Å². The monoisotopic (exact) mass is 398 g/mol. The molecule has 0 bridgehead atoms. The fraction of sp³-hybridized carbons (Fsp3) is 0. The van der Waals surface area contributed by atoms with Crippen LogP contribution in [0, 0.1) is 0 Å². The number of halogens is 1. The average molecular weight is 399 g/mol. The molecule has 134 valence electrons. The van der Waals surface area contributed by atoms with Crippen LogP contribution in [0.5, 0.6) is 0 Å². The summed E-state index contributed by atoms with van der Waals surface area (Å²) in [5, 5.41) is 14.3. The van der Waals surface area contributed by atoms with Crippen molar-refractivity contribution in [2.24, 2.45) is 0 Å². The molecule has 0 saturated carbocycles. The predicted molar refractivity (Wildman–Crippen MR) is 104 cm³/mol. The van der Waals surface area contributed by atoms with E-state index in [2.05, 4.69) is 10.3 Å². The third-order valence-electron chi connectivity index (χ3n) is 3.85. The Morgan fingerprint density at radius 1 is 1.11 bits per heavy atom. The minimum atomic E-state index is -1.14. The molecule has 8 heteroatoms. The van der Waals surface area contributed by atoms with Gasteiger partial charge in [0.05, 0.1) is 10.6 Å². The molecule has 0 saturated heterocycles. The largest absolute Gasteiger partial charge is 0.478 e. The second-order valence-corrected chi connectivity index (χ2v) is 6.92. The minimum Gasteiger partial charge on any atom is -0.478 e. The zero-order chi connectivity index (χ0) is 19.0. The van der Waals surface area contributed by atoms with Crippen molar-refractivity contribution in [2.45, 2.75) is 0 Å². The Morgan fingerprint density at radius 2 is 1.85 bits per heavy atom. The van der Waals surface area contributed by atoms with Crippen LogP contribution < -0.4 is 5.32 Å². The van der Waals surface area contributed by atoms with Crippen LogP contribution in [0.1, 0.15) is 21.0 Å². The molecular formula is C19H11ClN2O4S. The lowest BCUT2D eigenvalue weighted by atomic mass is 10.1. The molecule has 1 amide bonds. The van der Waals surface area contributed by atoms with Gasteiger partial charge in [-0.1, -0.05) is 35.9 Å². The molecule has 0 atom stereocenters. The van der Waals surface area contributed by atoms with E-state index in [9.17, 15) is 14.7 Å². The zero-order valence-corrected chi connectivity index (χ0v) is 15.2. The van der Waals surface area contributed by atoms with Crippen LogP contribution in [-0.4, -0.2) is 22.0 Å². The van der Waals surface area contributed by atoms with Crippen molar-refractivity contribution in [3.05, 3.63) is 70.4 Å². The number of hydrogen-bond acceptors (Lipinski definition) is 5. The van der Waals surface area contributed by atoms with Crippen LogP contribution in [0.25, 0.3) is 21.5 Å². The number of carbonyl (C=O) groups is 2. The third kappa shape index (κ3) is 3.30. The standard InChI is InChI=1S/C19H11ClN2O4S/c20-11-7-5-10(6-8-11)16-15(19(24)25)13(9-27-16)21-17(23)18-22-12-3-1-2-4-14(12)26-18/h1-9H,(H,21,23)(H,24,25). The van der Waals surface area contributed by atoms with E-state index in [1.54, 1.807) is 53.9 Å². The van der Waals surface area contributed by atoms with E-state index in [4.69, 9.17) is 16.0 Å². The maximum atomic E-state index is 12.5. The number of carboxylic acid groups (broad SMARTS) is 1. The van der Waals surface area contributed by atoms with E-state index >= 15 is 0 Å². The molecule has 2 heterocycles. The van der Waals surface area contributed by atoms with E-state index in [1.807, 2.05) is 0 Å². The summed E-state index contributed by atoms with van der Waals surface area (Å²) >= 11 is 7.11. The van der Waals surface area contributed by atoms with Gasteiger partial charge in [0.2, 0.25) is 0 Å². The molecule has 4 aromatic rings. The highest BCUT2D eigenvalue weighted by molar-refractivity contribution is 7.14. The van der Waals surface area contributed by atoms with Crippen molar-refractivity contribution in [2.75, 3.05) is 5.32 Å². The van der Waals surface area contributed by atoms with E-state index in [-0.39, 0.29) is 17.1 Å². The molecule has 0 aliphatic rings. The van der Waals surface area contributed by atoms with Crippen molar-refractivity contribution in [3.63, 3.8) is 0 Å². The number of rotatable bonds is 4. The molecule has 0 unspecified atom stereocenters. The Bertz CT molecular complexity index is 1130. The van der Waals surface area contributed by atoms with Gasteiger partial charge in [0, 0.05) is 10.4 Å². The highest BCUT2D eigenvalue weighted by Crippen LogP contribution is 2.36. The van der Waals surface area contributed by atoms with Gasteiger partial charge >= 0.3 is 11.9 Å². The van der Waals surface area contributed by atoms with E-state index in [0.29, 0.717) is 26.6 Å². The molecule has 2 N–H and O–H groups in total. The molecule has 0 fully saturated rings. The highest BCUT2D eigenvalue weighted by atomic mass is 35.5. The van der Waals surface area contributed by atoms with Crippen LogP contribution in [-0.2, 0) is 0 Å². The summed E-state index contributed by atoms with van der Waals surface area (Å²) in [5.74, 6) is -1.89. The zero-order valence-electron chi connectivity index (χ0n) is 13.6. The van der Waals surface area contributed by atoms with Gasteiger partial charge in [-0.25, -0.2) is 9.78 Å². The Kier molecular flexibility index (Phi) is 4.39. The number of carboxylic acids is 1. The van der Waals surface area contributed by atoms with Crippen molar-refractivity contribution >= 4 is 51.6 Å². The quantitative estimate of drug-likeness (QED) is 0.495. The number of para-hydroxylation sites is 2.